The molecule has 2 aliphatic carbocycles. The molecule has 0 aromatic carbocycles. The molecule has 2 saturated carbocycles. The van der Waals surface area contributed by atoms with E-state index in [1.165, 1.54) is 12.8 Å². The standard InChI is InChI=1S/C12H22N2O/c1-12(2)6-9(12)11(15)14-7-8-4-3-5-10(8)13/h8-10H,3-7,13H2,1-2H3,(H,14,15). The third kappa shape index (κ3) is 2.33. The average Bonchev–Trinajstić information content (AvgIpc) is 2.61. The molecule has 0 aliphatic heterocycles. The Bertz CT molecular complexity index is 262. The summed E-state index contributed by atoms with van der Waals surface area (Å²) in [6.45, 7) is 5.09. The number of amides is 1. The fraction of sp³-hybridized carbons (Fsp3) is 0.917. The monoisotopic (exact) mass is 210 g/mol. The highest BCUT2D eigenvalue weighted by Crippen LogP contribution is 2.51. The molecule has 3 N–H and O–H groups in total. The Morgan fingerprint density at radius 3 is 2.60 bits per heavy atom. The van der Waals surface area contributed by atoms with Crippen LogP contribution < -0.4 is 11.1 Å². The van der Waals surface area contributed by atoms with Gasteiger partial charge in [-0.15, -0.1) is 0 Å². The van der Waals surface area contributed by atoms with Crippen LogP contribution in [-0.2, 0) is 4.79 Å². The molecule has 2 fully saturated rings. The van der Waals surface area contributed by atoms with E-state index >= 15 is 0 Å². The van der Waals surface area contributed by atoms with Gasteiger partial charge in [-0.25, -0.2) is 0 Å². The molecule has 0 saturated heterocycles. The van der Waals surface area contributed by atoms with Crippen LogP contribution in [0.2, 0.25) is 0 Å². The van der Waals surface area contributed by atoms with Crippen molar-refractivity contribution in [1.82, 2.24) is 5.32 Å². The largest absolute Gasteiger partial charge is 0.356 e. The molecule has 2 rings (SSSR count). The summed E-state index contributed by atoms with van der Waals surface area (Å²) in [6, 6.07) is 0.303. The fourth-order valence-corrected chi connectivity index (χ4v) is 2.59. The van der Waals surface area contributed by atoms with Gasteiger partial charge in [0.25, 0.3) is 0 Å². The topological polar surface area (TPSA) is 55.1 Å². The molecule has 3 nitrogen and oxygen atoms in total. The molecule has 15 heavy (non-hydrogen) atoms. The number of nitrogens with two attached hydrogens (primary N) is 1. The summed E-state index contributed by atoms with van der Waals surface area (Å²) in [5.41, 5.74) is 6.20. The van der Waals surface area contributed by atoms with Crippen molar-refractivity contribution in [2.24, 2.45) is 23.0 Å². The van der Waals surface area contributed by atoms with E-state index in [9.17, 15) is 4.79 Å². The highest BCUT2D eigenvalue weighted by molar-refractivity contribution is 5.82. The van der Waals surface area contributed by atoms with Crippen molar-refractivity contribution >= 4 is 5.91 Å². The molecule has 1 amide bonds. The van der Waals surface area contributed by atoms with Gasteiger partial charge >= 0.3 is 0 Å². The summed E-state index contributed by atoms with van der Waals surface area (Å²) >= 11 is 0. The van der Waals surface area contributed by atoms with Crippen LogP contribution in [0.5, 0.6) is 0 Å². The van der Waals surface area contributed by atoms with Crippen LogP contribution in [0.3, 0.4) is 0 Å². The van der Waals surface area contributed by atoms with Gasteiger partial charge in [0.15, 0.2) is 0 Å². The van der Waals surface area contributed by atoms with E-state index in [4.69, 9.17) is 5.73 Å². The third-order valence-corrected chi connectivity index (χ3v) is 4.09. The highest BCUT2D eigenvalue weighted by atomic mass is 16.2. The van der Waals surface area contributed by atoms with Crippen LogP contribution in [0, 0.1) is 17.3 Å². The molecule has 2 aliphatic rings. The Labute approximate surface area is 91.8 Å². The van der Waals surface area contributed by atoms with Crippen molar-refractivity contribution in [2.75, 3.05) is 6.54 Å². The van der Waals surface area contributed by atoms with E-state index in [1.54, 1.807) is 0 Å². The van der Waals surface area contributed by atoms with Crippen LogP contribution in [0.15, 0.2) is 0 Å². The van der Waals surface area contributed by atoms with Crippen molar-refractivity contribution < 1.29 is 4.79 Å². The number of carbonyl (C=O) groups is 1. The summed E-state index contributed by atoms with van der Waals surface area (Å²) in [4.78, 5) is 11.7. The zero-order valence-corrected chi connectivity index (χ0v) is 9.75. The molecule has 86 valence electrons. The Balaban J connectivity index is 1.72. The third-order valence-electron chi connectivity index (χ3n) is 4.09. The maximum Gasteiger partial charge on any atom is 0.223 e. The van der Waals surface area contributed by atoms with Gasteiger partial charge in [0.05, 0.1) is 0 Å². The number of hydrogen-bond acceptors (Lipinski definition) is 2. The van der Waals surface area contributed by atoms with Gasteiger partial charge in [0.2, 0.25) is 5.91 Å². The van der Waals surface area contributed by atoms with Crippen molar-refractivity contribution in [1.29, 1.82) is 0 Å². The number of nitrogens with one attached hydrogen (secondary N) is 1. The van der Waals surface area contributed by atoms with Crippen LogP contribution in [0.1, 0.15) is 39.5 Å². The zero-order valence-electron chi connectivity index (χ0n) is 9.75. The maximum atomic E-state index is 11.7. The Kier molecular flexibility index (Phi) is 2.75. The minimum absolute atomic E-state index is 0.235. The second-order valence-electron chi connectivity index (χ2n) is 5.85. The van der Waals surface area contributed by atoms with Gasteiger partial charge in [-0.1, -0.05) is 20.3 Å². The van der Waals surface area contributed by atoms with Crippen LogP contribution in [0.25, 0.3) is 0 Å². The van der Waals surface area contributed by atoms with Crippen molar-refractivity contribution in [2.45, 2.75) is 45.6 Å². The van der Waals surface area contributed by atoms with Crippen molar-refractivity contribution in [3.8, 4) is 0 Å². The minimum atomic E-state index is 0.235. The molecule has 0 radical (unpaired) electrons. The van der Waals surface area contributed by atoms with E-state index in [2.05, 4.69) is 19.2 Å². The fourth-order valence-electron chi connectivity index (χ4n) is 2.59. The Morgan fingerprint density at radius 2 is 2.13 bits per heavy atom. The smallest absolute Gasteiger partial charge is 0.223 e. The zero-order chi connectivity index (χ0) is 11.1. The summed E-state index contributed by atoms with van der Waals surface area (Å²) in [5, 5.41) is 3.05. The predicted octanol–water partition coefficient (Wildman–Crippen LogP) is 1.28. The molecular weight excluding hydrogens is 188 g/mol. The normalized spacial score (nSPS) is 37.7. The van der Waals surface area contributed by atoms with Gasteiger partial charge in [-0.05, 0) is 30.6 Å². The number of rotatable bonds is 3. The molecule has 0 aromatic rings. The van der Waals surface area contributed by atoms with Crippen LogP contribution >= 0.6 is 0 Å². The number of carbonyl (C=O) groups excluding carboxylic acids is 1. The lowest BCUT2D eigenvalue weighted by atomic mass is 10.0. The van der Waals surface area contributed by atoms with Crippen molar-refractivity contribution in [3.63, 3.8) is 0 Å². The van der Waals surface area contributed by atoms with E-state index in [1.807, 2.05) is 0 Å². The summed E-state index contributed by atoms with van der Waals surface area (Å²) < 4.78 is 0. The van der Waals surface area contributed by atoms with Crippen LogP contribution in [-0.4, -0.2) is 18.5 Å². The molecule has 0 heterocycles. The lowest BCUT2D eigenvalue weighted by Crippen LogP contribution is -2.37. The molecule has 3 heteroatoms. The molecule has 3 atom stereocenters. The first-order valence-corrected chi connectivity index (χ1v) is 6.04. The van der Waals surface area contributed by atoms with Crippen LogP contribution in [0.4, 0.5) is 0 Å². The second-order valence-corrected chi connectivity index (χ2v) is 5.85. The second kappa shape index (κ2) is 3.78. The average molecular weight is 210 g/mol. The SMILES string of the molecule is CC1(C)CC1C(=O)NCC1CCCC1N. The first kappa shape index (κ1) is 10.9. The van der Waals surface area contributed by atoms with E-state index in [0.717, 1.165) is 19.4 Å². The molecule has 0 aromatic heterocycles. The Hall–Kier alpha value is -0.570. The maximum absolute atomic E-state index is 11.7. The van der Waals surface area contributed by atoms with Gasteiger partial charge in [0, 0.05) is 18.5 Å². The lowest BCUT2D eigenvalue weighted by molar-refractivity contribution is -0.123. The van der Waals surface area contributed by atoms with Crippen molar-refractivity contribution in [3.05, 3.63) is 0 Å². The quantitative estimate of drug-likeness (QED) is 0.737. The lowest BCUT2D eigenvalue weighted by Gasteiger charge is -2.16. The first-order valence-electron chi connectivity index (χ1n) is 6.04. The van der Waals surface area contributed by atoms with E-state index in [-0.39, 0.29) is 17.2 Å². The molecule has 0 spiro atoms. The van der Waals surface area contributed by atoms with Gasteiger partial charge < -0.3 is 11.1 Å². The predicted molar refractivity (Wildman–Crippen MR) is 60.2 cm³/mol. The van der Waals surface area contributed by atoms with E-state index in [0.29, 0.717) is 12.0 Å². The molecule has 0 bridgehead atoms. The molecule has 3 unspecified atom stereocenters. The van der Waals surface area contributed by atoms with Gasteiger partial charge in [-0.2, -0.15) is 0 Å². The molecular formula is C12H22N2O. The minimum Gasteiger partial charge on any atom is -0.356 e. The van der Waals surface area contributed by atoms with Gasteiger partial charge in [0.1, 0.15) is 0 Å². The van der Waals surface area contributed by atoms with E-state index < -0.39 is 0 Å². The van der Waals surface area contributed by atoms with Gasteiger partial charge in [-0.3, -0.25) is 4.79 Å². The summed E-state index contributed by atoms with van der Waals surface area (Å²) in [6.07, 6.45) is 4.55. The Morgan fingerprint density at radius 1 is 1.47 bits per heavy atom. The first-order chi connectivity index (χ1) is 7.00. The summed E-state index contributed by atoms with van der Waals surface area (Å²) in [5.74, 6) is 0.991. The highest BCUT2D eigenvalue weighted by Gasteiger charge is 2.50. The number of hydrogen-bond donors (Lipinski definition) is 2. The summed E-state index contributed by atoms with van der Waals surface area (Å²) in [7, 11) is 0.